The third-order valence-corrected chi connectivity index (χ3v) is 6.53. The Labute approximate surface area is 189 Å². The predicted molar refractivity (Wildman–Crippen MR) is 126 cm³/mol. The van der Waals surface area contributed by atoms with Crippen molar-refractivity contribution in [2.75, 3.05) is 11.1 Å². The van der Waals surface area contributed by atoms with Crippen LogP contribution in [-0.4, -0.2) is 37.9 Å². The van der Waals surface area contributed by atoms with E-state index in [0.29, 0.717) is 22.5 Å². The van der Waals surface area contributed by atoms with Gasteiger partial charge in [0.2, 0.25) is 5.95 Å². The zero-order valence-electron chi connectivity index (χ0n) is 17.4. The third-order valence-electron chi connectivity index (χ3n) is 5.64. The number of hydrogen-bond donors (Lipinski definition) is 3. The third kappa shape index (κ3) is 4.38. The van der Waals surface area contributed by atoms with E-state index in [1.54, 1.807) is 17.5 Å². The van der Waals surface area contributed by atoms with Crippen LogP contribution in [0.15, 0.2) is 54.0 Å². The first kappa shape index (κ1) is 20.3. The number of rotatable bonds is 5. The van der Waals surface area contributed by atoms with E-state index >= 15 is 0 Å². The summed E-state index contributed by atoms with van der Waals surface area (Å²) in [5.41, 5.74) is 8.49. The highest BCUT2D eigenvalue weighted by molar-refractivity contribution is 7.13. The molecule has 1 fully saturated rings. The lowest BCUT2D eigenvalue weighted by molar-refractivity contribution is 0.0926. The van der Waals surface area contributed by atoms with Crippen LogP contribution in [0.4, 0.5) is 11.8 Å². The van der Waals surface area contributed by atoms with Crippen LogP contribution >= 0.6 is 11.3 Å². The Morgan fingerprint density at radius 1 is 0.969 bits per heavy atom. The van der Waals surface area contributed by atoms with Gasteiger partial charge in [0.1, 0.15) is 0 Å². The Bertz CT molecular complexity index is 1220. The van der Waals surface area contributed by atoms with Crippen molar-refractivity contribution in [2.45, 2.75) is 37.8 Å². The second kappa shape index (κ2) is 8.88. The number of fused-ring (bicyclic) bond motifs is 1. The summed E-state index contributed by atoms with van der Waals surface area (Å²) in [5.74, 6) is 0.755. The maximum atomic E-state index is 12.4. The molecule has 0 saturated heterocycles. The molecule has 1 aromatic carbocycles. The molecule has 1 aliphatic rings. The molecule has 8 nitrogen and oxygen atoms in total. The van der Waals surface area contributed by atoms with Gasteiger partial charge in [-0.3, -0.25) is 4.79 Å². The second-order valence-corrected chi connectivity index (χ2v) is 8.82. The molecular formula is C23H23N7OS. The number of amides is 1. The van der Waals surface area contributed by atoms with Crippen molar-refractivity contribution in [3.05, 3.63) is 59.6 Å². The number of hydrogen-bond acceptors (Lipinski definition) is 8. The van der Waals surface area contributed by atoms with Gasteiger partial charge in [0, 0.05) is 17.6 Å². The van der Waals surface area contributed by atoms with Gasteiger partial charge in [-0.1, -0.05) is 24.3 Å². The summed E-state index contributed by atoms with van der Waals surface area (Å²) in [6, 6.07) is 13.7. The van der Waals surface area contributed by atoms with Gasteiger partial charge in [0.15, 0.2) is 17.0 Å². The fourth-order valence-electron chi connectivity index (χ4n) is 4.00. The van der Waals surface area contributed by atoms with Gasteiger partial charge in [0.05, 0.1) is 16.8 Å². The molecule has 0 radical (unpaired) electrons. The average Bonchev–Trinajstić information content (AvgIpc) is 3.36. The van der Waals surface area contributed by atoms with Crippen molar-refractivity contribution in [1.29, 1.82) is 0 Å². The largest absolute Gasteiger partial charge is 0.368 e. The van der Waals surface area contributed by atoms with E-state index in [1.165, 1.54) is 0 Å². The van der Waals surface area contributed by atoms with Gasteiger partial charge in [-0.2, -0.15) is 9.97 Å². The van der Waals surface area contributed by atoms with E-state index in [2.05, 4.69) is 25.6 Å². The van der Waals surface area contributed by atoms with E-state index in [1.807, 2.05) is 47.8 Å². The van der Waals surface area contributed by atoms with Gasteiger partial charge < -0.3 is 16.4 Å². The van der Waals surface area contributed by atoms with Gasteiger partial charge in [-0.05, 0) is 49.3 Å². The molecule has 9 heteroatoms. The first-order valence-corrected chi connectivity index (χ1v) is 11.5. The maximum absolute atomic E-state index is 12.4. The second-order valence-electron chi connectivity index (χ2n) is 7.87. The topological polar surface area (TPSA) is 119 Å². The molecule has 3 aromatic heterocycles. The van der Waals surface area contributed by atoms with E-state index in [0.717, 1.165) is 36.3 Å². The molecule has 162 valence electrons. The molecule has 0 aliphatic heterocycles. The fraction of sp³-hybridized carbons (Fsp3) is 0.261. The van der Waals surface area contributed by atoms with E-state index in [9.17, 15) is 4.79 Å². The zero-order valence-corrected chi connectivity index (χ0v) is 18.2. The van der Waals surface area contributed by atoms with Gasteiger partial charge in [-0.15, -0.1) is 11.3 Å². The predicted octanol–water partition coefficient (Wildman–Crippen LogP) is 3.88. The van der Waals surface area contributed by atoms with Crippen molar-refractivity contribution in [3.63, 3.8) is 0 Å². The minimum absolute atomic E-state index is 0.0204. The number of carbonyl (C=O) groups excluding carboxylic acids is 1. The smallest absolute Gasteiger partial charge is 0.251 e. The molecule has 32 heavy (non-hydrogen) atoms. The highest BCUT2D eigenvalue weighted by Crippen LogP contribution is 2.28. The van der Waals surface area contributed by atoms with Crippen LogP contribution in [0.3, 0.4) is 0 Å². The first-order chi connectivity index (χ1) is 15.7. The van der Waals surface area contributed by atoms with Crippen LogP contribution in [0, 0.1) is 0 Å². The molecule has 3 heterocycles. The summed E-state index contributed by atoms with van der Waals surface area (Å²) < 4.78 is 0. The Kier molecular flexibility index (Phi) is 5.64. The molecule has 0 unspecified atom stereocenters. The zero-order chi connectivity index (χ0) is 21.9. The molecule has 1 saturated carbocycles. The number of anilines is 2. The molecule has 1 aliphatic carbocycles. The van der Waals surface area contributed by atoms with Crippen LogP contribution in [-0.2, 0) is 0 Å². The van der Waals surface area contributed by atoms with Gasteiger partial charge in [0.25, 0.3) is 5.91 Å². The quantitative estimate of drug-likeness (QED) is 0.426. The summed E-state index contributed by atoms with van der Waals surface area (Å²) >= 11 is 1.61. The van der Waals surface area contributed by atoms with Gasteiger partial charge >= 0.3 is 0 Å². The molecule has 0 bridgehead atoms. The normalized spacial score (nSPS) is 18.4. The number of thiophene rings is 1. The van der Waals surface area contributed by atoms with Crippen molar-refractivity contribution in [3.8, 4) is 10.6 Å². The summed E-state index contributed by atoms with van der Waals surface area (Å²) in [4.78, 5) is 31.3. The van der Waals surface area contributed by atoms with E-state index in [-0.39, 0.29) is 23.9 Å². The monoisotopic (exact) mass is 445 g/mol. The highest BCUT2D eigenvalue weighted by Gasteiger charge is 2.24. The molecular weight excluding hydrogens is 422 g/mol. The van der Waals surface area contributed by atoms with Crippen LogP contribution in [0.25, 0.3) is 21.7 Å². The first-order valence-electron chi connectivity index (χ1n) is 10.6. The fourth-order valence-corrected chi connectivity index (χ4v) is 4.68. The molecule has 1 amide bonds. The standard InChI is InChI=1S/C23H23N7OS/c24-23-29-20-19(28-17(13-25-20)18-7-4-12-32-18)21(30-23)26-15-8-10-16(11-9-15)27-22(31)14-5-2-1-3-6-14/h1-7,12-13,15-16H,8-11H2,(H,27,31)(H3,24,25,26,29,30). The SMILES string of the molecule is Nc1nc(NC2CCC(NC(=O)c3ccccc3)CC2)c2nc(-c3cccs3)cnc2n1. The van der Waals surface area contributed by atoms with E-state index < -0.39 is 0 Å². The number of aromatic nitrogens is 4. The number of nitrogens with zero attached hydrogens (tertiary/aromatic N) is 4. The summed E-state index contributed by atoms with van der Waals surface area (Å²) in [7, 11) is 0. The van der Waals surface area contributed by atoms with Gasteiger partial charge in [-0.25, -0.2) is 9.97 Å². The maximum Gasteiger partial charge on any atom is 0.251 e. The number of benzene rings is 1. The molecule has 0 spiro atoms. The number of nitrogen functional groups attached to an aromatic ring is 1. The minimum Gasteiger partial charge on any atom is -0.368 e. The summed E-state index contributed by atoms with van der Waals surface area (Å²) in [6.45, 7) is 0. The Morgan fingerprint density at radius 2 is 1.75 bits per heavy atom. The molecule has 0 atom stereocenters. The molecule has 4 aromatic rings. The van der Waals surface area contributed by atoms with Crippen LogP contribution in [0.5, 0.6) is 0 Å². The van der Waals surface area contributed by atoms with Crippen molar-refractivity contribution in [1.82, 2.24) is 25.3 Å². The Hall–Kier alpha value is -3.59. The average molecular weight is 446 g/mol. The van der Waals surface area contributed by atoms with Crippen LogP contribution in [0.2, 0.25) is 0 Å². The minimum atomic E-state index is -0.0204. The lowest BCUT2D eigenvalue weighted by Crippen LogP contribution is -2.40. The van der Waals surface area contributed by atoms with Crippen molar-refractivity contribution in [2.24, 2.45) is 0 Å². The lowest BCUT2D eigenvalue weighted by atomic mass is 9.91. The number of carbonyl (C=O) groups is 1. The lowest BCUT2D eigenvalue weighted by Gasteiger charge is -2.30. The Morgan fingerprint density at radius 3 is 2.50 bits per heavy atom. The number of nitrogens with one attached hydrogen (secondary N) is 2. The molecule has 5 rings (SSSR count). The number of nitrogens with two attached hydrogens (primary N) is 1. The van der Waals surface area contributed by atoms with Crippen LogP contribution in [0.1, 0.15) is 36.0 Å². The van der Waals surface area contributed by atoms with E-state index in [4.69, 9.17) is 10.7 Å². The van der Waals surface area contributed by atoms with Crippen molar-refractivity contribution < 1.29 is 4.79 Å². The molecule has 4 N–H and O–H groups in total. The summed E-state index contributed by atoms with van der Waals surface area (Å²) in [5, 5.41) is 8.66. The summed E-state index contributed by atoms with van der Waals surface area (Å²) in [6.07, 6.45) is 5.30. The van der Waals surface area contributed by atoms with Crippen LogP contribution < -0.4 is 16.4 Å². The van der Waals surface area contributed by atoms with Crippen molar-refractivity contribution >= 4 is 40.2 Å². The highest BCUT2D eigenvalue weighted by atomic mass is 32.1. The Balaban J connectivity index is 1.28.